The van der Waals surface area contributed by atoms with Crippen LogP contribution >= 0.6 is 0 Å². The van der Waals surface area contributed by atoms with Crippen molar-refractivity contribution in [2.24, 2.45) is 0 Å². The van der Waals surface area contributed by atoms with Crippen molar-refractivity contribution in [2.75, 3.05) is 6.26 Å². The summed E-state index contributed by atoms with van der Waals surface area (Å²) in [5.74, 6) is 0.204. The van der Waals surface area contributed by atoms with E-state index in [1.54, 1.807) is 12.1 Å². The Balaban J connectivity index is 1.73. The number of ether oxygens (including phenoxy) is 1. The molecule has 0 bridgehead atoms. The van der Waals surface area contributed by atoms with Crippen LogP contribution in [0.5, 0.6) is 11.6 Å². The van der Waals surface area contributed by atoms with Gasteiger partial charge in [-0.3, -0.25) is 0 Å². The lowest BCUT2D eigenvalue weighted by atomic mass is 10.3. The summed E-state index contributed by atoms with van der Waals surface area (Å²) in [4.78, 5) is 3.80. The van der Waals surface area contributed by atoms with Crippen LogP contribution in [0.1, 0.15) is 5.56 Å². The molecule has 1 heterocycles. The van der Waals surface area contributed by atoms with Crippen molar-refractivity contribution in [1.29, 1.82) is 0 Å². The van der Waals surface area contributed by atoms with Gasteiger partial charge in [-0.1, -0.05) is 6.07 Å². The standard InChI is InChI=1S/C19H17FN2O5S2/c1-28(23,24)17-3-2-4-18(12-17)29(25,26)22-13-14-9-10-21-19(11-14)27-16-7-5-15(20)6-8-16/h2-12,22H,13H2,1H3. The molecule has 1 N–H and O–H groups in total. The highest BCUT2D eigenvalue weighted by Crippen LogP contribution is 2.21. The van der Waals surface area contributed by atoms with Gasteiger partial charge >= 0.3 is 0 Å². The number of benzene rings is 2. The minimum Gasteiger partial charge on any atom is -0.439 e. The van der Waals surface area contributed by atoms with Crippen LogP contribution in [-0.4, -0.2) is 28.1 Å². The average molecular weight is 436 g/mol. The normalized spacial score (nSPS) is 11.9. The van der Waals surface area contributed by atoms with E-state index >= 15 is 0 Å². The summed E-state index contributed by atoms with van der Waals surface area (Å²) in [7, 11) is -7.47. The maximum atomic E-state index is 13.0. The Labute approximate surface area is 168 Å². The molecule has 0 aliphatic carbocycles. The molecule has 1 aromatic heterocycles. The molecule has 0 spiro atoms. The summed E-state index contributed by atoms with van der Waals surface area (Å²) in [5.41, 5.74) is 0.569. The highest BCUT2D eigenvalue weighted by molar-refractivity contribution is 7.91. The molecule has 0 unspecified atom stereocenters. The molecule has 2 aromatic carbocycles. The van der Waals surface area contributed by atoms with E-state index in [2.05, 4.69) is 9.71 Å². The molecular weight excluding hydrogens is 419 g/mol. The Morgan fingerprint density at radius 1 is 0.966 bits per heavy atom. The second kappa shape index (κ2) is 8.27. The van der Waals surface area contributed by atoms with Crippen molar-refractivity contribution in [3.8, 4) is 11.6 Å². The van der Waals surface area contributed by atoms with Crippen LogP contribution in [0.3, 0.4) is 0 Å². The predicted octanol–water partition coefficient (Wildman–Crippen LogP) is 2.90. The second-order valence-corrected chi connectivity index (χ2v) is 9.91. The molecule has 3 rings (SSSR count). The van der Waals surface area contributed by atoms with Crippen molar-refractivity contribution >= 4 is 19.9 Å². The zero-order chi connectivity index (χ0) is 21.1. The lowest BCUT2D eigenvalue weighted by Crippen LogP contribution is -2.23. The van der Waals surface area contributed by atoms with Crippen LogP contribution in [0.25, 0.3) is 0 Å². The molecule has 0 atom stereocenters. The zero-order valence-electron chi connectivity index (χ0n) is 15.2. The summed E-state index contributed by atoms with van der Waals surface area (Å²) in [6.45, 7) is -0.0618. The van der Waals surface area contributed by atoms with Crippen molar-refractivity contribution in [1.82, 2.24) is 9.71 Å². The number of hydrogen-bond donors (Lipinski definition) is 1. The van der Waals surface area contributed by atoms with Crippen LogP contribution in [0.2, 0.25) is 0 Å². The van der Waals surface area contributed by atoms with Gasteiger partial charge in [0.15, 0.2) is 9.84 Å². The molecule has 0 aliphatic heterocycles. The first-order chi connectivity index (χ1) is 13.6. The Morgan fingerprint density at radius 2 is 1.66 bits per heavy atom. The van der Waals surface area contributed by atoms with Crippen LogP contribution in [0.4, 0.5) is 4.39 Å². The number of halogens is 1. The molecular formula is C19H17FN2O5S2. The maximum absolute atomic E-state index is 13.0. The quantitative estimate of drug-likeness (QED) is 0.611. The number of aromatic nitrogens is 1. The smallest absolute Gasteiger partial charge is 0.240 e. The van der Waals surface area contributed by atoms with Crippen molar-refractivity contribution in [2.45, 2.75) is 16.3 Å². The lowest BCUT2D eigenvalue weighted by Gasteiger charge is -2.09. The highest BCUT2D eigenvalue weighted by atomic mass is 32.2. The Morgan fingerprint density at radius 3 is 2.34 bits per heavy atom. The molecule has 10 heteroatoms. The fraction of sp³-hybridized carbons (Fsp3) is 0.105. The van der Waals surface area contributed by atoms with E-state index in [0.29, 0.717) is 11.3 Å². The van der Waals surface area contributed by atoms with Gasteiger partial charge in [0, 0.05) is 25.1 Å². The third-order valence-electron chi connectivity index (χ3n) is 3.85. The number of hydrogen-bond acceptors (Lipinski definition) is 6. The van der Waals surface area contributed by atoms with Crippen molar-refractivity contribution in [3.63, 3.8) is 0 Å². The van der Waals surface area contributed by atoms with E-state index in [1.165, 1.54) is 48.7 Å². The minimum atomic E-state index is -3.94. The van der Waals surface area contributed by atoms with Gasteiger partial charge in [-0.2, -0.15) is 0 Å². The monoisotopic (exact) mass is 436 g/mol. The number of nitrogens with one attached hydrogen (secondary N) is 1. The molecule has 0 radical (unpaired) electrons. The van der Waals surface area contributed by atoms with Gasteiger partial charge in [0.05, 0.1) is 9.79 Å². The van der Waals surface area contributed by atoms with E-state index in [-0.39, 0.29) is 22.2 Å². The largest absolute Gasteiger partial charge is 0.439 e. The Hall–Kier alpha value is -2.82. The Kier molecular flexibility index (Phi) is 5.96. The first-order valence-corrected chi connectivity index (χ1v) is 11.7. The highest BCUT2D eigenvalue weighted by Gasteiger charge is 2.17. The third kappa shape index (κ3) is 5.59. The first-order valence-electron chi connectivity index (χ1n) is 8.32. The molecule has 3 aromatic rings. The first kappa shape index (κ1) is 20.9. The molecule has 152 valence electrons. The summed E-state index contributed by atoms with van der Waals surface area (Å²) in [5, 5.41) is 0. The van der Waals surface area contributed by atoms with Crippen LogP contribution in [0, 0.1) is 5.82 Å². The number of sulfonamides is 1. The summed E-state index contributed by atoms with van der Waals surface area (Å²) in [6.07, 6.45) is 2.46. The number of nitrogens with zero attached hydrogens (tertiary/aromatic N) is 1. The van der Waals surface area contributed by atoms with Gasteiger partial charge in [0.25, 0.3) is 0 Å². The van der Waals surface area contributed by atoms with E-state index in [4.69, 9.17) is 4.74 Å². The molecule has 0 aliphatic rings. The molecule has 0 amide bonds. The zero-order valence-corrected chi connectivity index (χ0v) is 16.9. The van der Waals surface area contributed by atoms with Crippen LogP contribution in [-0.2, 0) is 26.4 Å². The van der Waals surface area contributed by atoms with Gasteiger partial charge in [0.1, 0.15) is 11.6 Å². The van der Waals surface area contributed by atoms with Crippen molar-refractivity contribution < 1.29 is 26.0 Å². The molecule has 0 saturated carbocycles. The van der Waals surface area contributed by atoms with Gasteiger partial charge in [-0.15, -0.1) is 0 Å². The lowest BCUT2D eigenvalue weighted by molar-refractivity contribution is 0.460. The van der Waals surface area contributed by atoms with Gasteiger partial charge in [-0.05, 0) is 54.1 Å². The fourth-order valence-electron chi connectivity index (χ4n) is 2.37. The third-order valence-corrected chi connectivity index (χ3v) is 6.35. The number of rotatable bonds is 7. The number of sulfone groups is 1. The predicted molar refractivity (Wildman–Crippen MR) is 104 cm³/mol. The van der Waals surface area contributed by atoms with Crippen molar-refractivity contribution in [3.05, 3.63) is 78.2 Å². The van der Waals surface area contributed by atoms with E-state index in [0.717, 1.165) is 12.3 Å². The summed E-state index contributed by atoms with van der Waals surface area (Å²) in [6, 6.07) is 13.6. The van der Waals surface area contributed by atoms with Gasteiger partial charge in [-0.25, -0.2) is 30.9 Å². The molecule has 29 heavy (non-hydrogen) atoms. The molecule has 0 fully saturated rings. The number of pyridine rings is 1. The topological polar surface area (TPSA) is 102 Å². The molecule has 0 saturated heterocycles. The Bertz CT molecular complexity index is 1230. The van der Waals surface area contributed by atoms with E-state index < -0.39 is 25.7 Å². The van der Waals surface area contributed by atoms with E-state index in [9.17, 15) is 21.2 Å². The maximum Gasteiger partial charge on any atom is 0.240 e. The fourth-order valence-corrected chi connectivity index (χ4v) is 4.18. The summed E-state index contributed by atoms with van der Waals surface area (Å²) < 4.78 is 69.2. The van der Waals surface area contributed by atoms with Crippen LogP contribution in [0.15, 0.2) is 76.7 Å². The summed E-state index contributed by atoms with van der Waals surface area (Å²) >= 11 is 0. The SMILES string of the molecule is CS(=O)(=O)c1cccc(S(=O)(=O)NCc2ccnc(Oc3ccc(F)cc3)c2)c1. The average Bonchev–Trinajstić information content (AvgIpc) is 2.68. The van der Waals surface area contributed by atoms with Gasteiger partial charge < -0.3 is 4.74 Å². The molecule has 7 nitrogen and oxygen atoms in total. The minimum absolute atomic E-state index is 0.0618. The van der Waals surface area contributed by atoms with Crippen LogP contribution < -0.4 is 9.46 Å². The second-order valence-electron chi connectivity index (χ2n) is 6.13. The van der Waals surface area contributed by atoms with E-state index in [1.807, 2.05) is 0 Å². The van der Waals surface area contributed by atoms with Gasteiger partial charge in [0.2, 0.25) is 15.9 Å².